The highest BCUT2D eigenvalue weighted by atomic mass is 16.5. The van der Waals surface area contributed by atoms with Gasteiger partial charge >= 0.3 is 0 Å². The van der Waals surface area contributed by atoms with Crippen LogP contribution in [0, 0.1) is 6.92 Å². The molecule has 0 unspecified atom stereocenters. The van der Waals surface area contributed by atoms with Crippen LogP contribution in [0.3, 0.4) is 0 Å². The molecule has 2 N–H and O–H groups in total. The molecule has 1 aromatic heterocycles. The molecule has 0 aliphatic heterocycles. The molecule has 5 heteroatoms. The van der Waals surface area contributed by atoms with Gasteiger partial charge in [0.25, 0.3) is 0 Å². The van der Waals surface area contributed by atoms with E-state index in [4.69, 9.17) is 4.74 Å². The highest BCUT2D eigenvalue weighted by Gasteiger charge is 2.08. The molecule has 1 heterocycles. The van der Waals surface area contributed by atoms with Gasteiger partial charge in [-0.15, -0.1) is 0 Å². The predicted molar refractivity (Wildman–Crippen MR) is 102 cm³/mol. The van der Waals surface area contributed by atoms with Gasteiger partial charge in [0, 0.05) is 12.1 Å². The number of hydrogen-bond donors (Lipinski definition) is 2. The lowest BCUT2D eigenvalue weighted by atomic mass is 10.2. The molecule has 0 bridgehead atoms. The summed E-state index contributed by atoms with van der Waals surface area (Å²) in [5, 5.41) is 6.63. The predicted octanol–water partition coefficient (Wildman–Crippen LogP) is 5.14. The molecule has 25 heavy (non-hydrogen) atoms. The highest BCUT2D eigenvalue weighted by molar-refractivity contribution is 5.66. The topological polar surface area (TPSA) is 59.1 Å². The largest absolute Gasteiger partial charge is 0.455 e. The molecule has 0 fully saturated rings. The second-order valence-corrected chi connectivity index (χ2v) is 6.02. The van der Waals surface area contributed by atoms with Gasteiger partial charge in [0.1, 0.15) is 23.2 Å². The molecule has 128 valence electrons. The normalized spacial score (nSPS) is 10.6. The van der Waals surface area contributed by atoms with Crippen molar-refractivity contribution in [3.05, 3.63) is 66.5 Å². The fourth-order valence-corrected chi connectivity index (χ4v) is 2.41. The van der Waals surface area contributed by atoms with Gasteiger partial charge in [-0.3, -0.25) is 0 Å². The molecule has 0 saturated carbocycles. The number of nitrogens with one attached hydrogen (secondary N) is 2. The molecule has 0 spiro atoms. The summed E-state index contributed by atoms with van der Waals surface area (Å²) in [5.74, 6) is 3.75. The van der Waals surface area contributed by atoms with Crippen molar-refractivity contribution < 1.29 is 4.74 Å². The van der Waals surface area contributed by atoms with E-state index in [0.717, 1.165) is 28.8 Å². The summed E-state index contributed by atoms with van der Waals surface area (Å²) in [6, 6.07) is 19.7. The number of ether oxygens (including phenoxy) is 1. The summed E-state index contributed by atoms with van der Waals surface area (Å²) in [6.07, 6.45) is 0. The van der Waals surface area contributed by atoms with E-state index < -0.39 is 0 Å². The first-order valence-electron chi connectivity index (χ1n) is 8.31. The number of rotatable bonds is 6. The average molecular weight is 334 g/mol. The van der Waals surface area contributed by atoms with E-state index >= 15 is 0 Å². The molecule has 0 aliphatic carbocycles. The molecule has 5 nitrogen and oxygen atoms in total. The Morgan fingerprint density at radius 1 is 0.880 bits per heavy atom. The average Bonchev–Trinajstić information content (AvgIpc) is 2.56. The third-order valence-electron chi connectivity index (χ3n) is 3.40. The maximum absolute atomic E-state index is 5.99. The number of nitrogens with zero attached hydrogens (tertiary/aromatic N) is 2. The molecule has 2 aromatic carbocycles. The first-order valence-corrected chi connectivity index (χ1v) is 8.31. The third-order valence-corrected chi connectivity index (χ3v) is 3.40. The molecule has 0 radical (unpaired) electrons. The van der Waals surface area contributed by atoms with Crippen molar-refractivity contribution in [2.45, 2.75) is 26.8 Å². The monoisotopic (exact) mass is 334 g/mol. The quantitative estimate of drug-likeness (QED) is 0.653. The van der Waals surface area contributed by atoms with Crippen LogP contribution in [0.25, 0.3) is 0 Å². The Labute approximate surface area is 148 Å². The lowest BCUT2D eigenvalue weighted by molar-refractivity contribution is 0.485. The molecular formula is C20H22N4O. The van der Waals surface area contributed by atoms with Crippen LogP contribution in [-0.4, -0.2) is 16.0 Å². The van der Waals surface area contributed by atoms with E-state index in [2.05, 4.69) is 34.4 Å². The Balaban J connectivity index is 1.85. The van der Waals surface area contributed by atoms with Crippen LogP contribution in [0.15, 0.2) is 60.7 Å². The molecule has 3 aromatic rings. The fourth-order valence-electron chi connectivity index (χ4n) is 2.41. The molecule has 3 rings (SSSR count). The summed E-state index contributed by atoms with van der Waals surface area (Å²) in [7, 11) is 0. The molecule has 0 saturated heterocycles. The van der Waals surface area contributed by atoms with Crippen LogP contribution in [-0.2, 0) is 0 Å². The fraction of sp³-hybridized carbons (Fsp3) is 0.200. The summed E-state index contributed by atoms with van der Waals surface area (Å²) in [6.45, 7) is 6.03. The van der Waals surface area contributed by atoms with E-state index in [1.807, 2.05) is 67.6 Å². The van der Waals surface area contributed by atoms with E-state index in [9.17, 15) is 0 Å². The minimum atomic E-state index is 0.302. The smallest absolute Gasteiger partial charge is 0.150 e. The van der Waals surface area contributed by atoms with Crippen LogP contribution < -0.4 is 15.4 Å². The van der Waals surface area contributed by atoms with E-state index in [1.54, 1.807) is 0 Å². The summed E-state index contributed by atoms with van der Waals surface area (Å²) in [5.41, 5.74) is 0.847. The van der Waals surface area contributed by atoms with Gasteiger partial charge in [-0.05, 0) is 45.0 Å². The van der Waals surface area contributed by atoms with Gasteiger partial charge in [0.05, 0.1) is 5.69 Å². The maximum Gasteiger partial charge on any atom is 0.150 e. The lowest BCUT2D eigenvalue weighted by Gasteiger charge is -2.14. The van der Waals surface area contributed by atoms with Crippen molar-refractivity contribution in [1.82, 2.24) is 9.97 Å². The summed E-state index contributed by atoms with van der Waals surface area (Å²) in [4.78, 5) is 8.88. The van der Waals surface area contributed by atoms with Gasteiger partial charge in [-0.25, -0.2) is 9.97 Å². The zero-order valence-electron chi connectivity index (χ0n) is 14.7. The minimum Gasteiger partial charge on any atom is -0.455 e. The minimum absolute atomic E-state index is 0.302. The van der Waals surface area contributed by atoms with Crippen LogP contribution >= 0.6 is 0 Å². The third kappa shape index (κ3) is 4.70. The van der Waals surface area contributed by atoms with Crippen LogP contribution in [0.5, 0.6) is 11.5 Å². The summed E-state index contributed by atoms with van der Waals surface area (Å²) >= 11 is 0. The Hall–Kier alpha value is -3.08. The zero-order chi connectivity index (χ0) is 17.6. The first-order chi connectivity index (χ1) is 12.1. The molecule has 0 atom stereocenters. The van der Waals surface area contributed by atoms with Crippen molar-refractivity contribution in [3.8, 4) is 11.5 Å². The van der Waals surface area contributed by atoms with Crippen LogP contribution in [0.4, 0.5) is 17.3 Å². The van der Waals surface area contributed by atoms with Crippen molar-refractivity contribution >= 4 is 17.3 Å². The van der Waals surface area contributed by atoms with Gasteiger partial charge in [0.2, 0.25) is 0 Å². The van der Waals surface area contributed by atoms with Crippen LogP contribution in [0.1, 0.15) is 19.7 Å². The standard InChI is InChI=1S/C20H22N4O/c1-14(2)21-19-13-20(23-15(3)22-19)24-17-11-7-8-12-18(17)25-16-9-5-4-6-10-16/h4-14H,1-3H3,(H2,21,22,23,24). The van der Waals surface area contributed by atoms with Crippen molar-refractivity contribution in [1.29, 1.82) is 0 Å². The molecule has 0 aliphatic rings. The summed E-state index contributed by atoms with van der Waals surface area (Å²) < 4.78 is 5.99. The Kier molecular flexibility index (Phi) is 5.14. The molecular weight excluding hydrogens is 312 g/mol. The lowest BCUT2D eigenvalue weighted by Crippen LogP contribution is -2.12. The van der Waals surface area contributed by atoms with Crippen molar-refractivity contribution in [3.63, 3.8) is 0 Å². The van der Waals surface area contributed by atoms with E-state index in [-0.39, 0.29) is 0 Å². The number of hydrogen-bond acceptors (Lipinski definition) is 5. The number of benzene rings is 2. The number of aryl methyl sites for hydroxylation is 1. The SMILES string of the molecule is Cc1nc(Nc2ccccc2Oc2ccccc2)cc(NC(C)C)n1. The number of anilines is 3. The van der Waals surface area contributed by atoms with Crippen LogP contribution in [0.2, 0.25) is 0 Å². The maximum atomic E-state index is 5.99. The van der Waals surface area contributed by atoms with Gasteiger partial charge in [0.15, 0.2) is 5.75 Å². The van der Waals surface area contributed by atoms with Crippen molar-refractivity contribution in [2.24, 2.45) is 0 Å². The zero-order valence-corrected chi connectivity index (χ0v) is 14.7. The Bertz CT molecular complexity index is 834. The first kappa shape index (κ1) is 16.8. The molecule has 0 amide bonds. The highest BCUT2D eigenvalue weighted by Crippen LogP contribution is 2.31. The van der Waals surface area contributed by atoms with Gasteiger partial charge in [-0.1, -0.05) is 30.3 Å². The Morgan fingerprint density at radius 3 is 2.32 bits per heavy atom. The van der Waals surface area contributed by atoms with Gasteiger partial charge < -0.3 is 15.4 Å². The van der Waals surface area contributed by atoms with E-state index in [1.165, 1.54) is 0 Å². The number of aromatic nitrogens is 2. The van der Waals surface area contributed by atoms with E-state index in [0.29, 0.717) is 11.9 Å². The van der Waals surface area contributed by atoms with Gasteiger partial charge in [-0.2, -0.15) is 0 Å². The number of para-hydroxylation sites is 3. The Morgan fingerprint density at radius 2 is 1.56 bits per heavy atom. The second kappa shape index (κ2) is 7.66. The van der Waals surface area contributed by atoms with Crippen molar-refractivity contribution in [2.75, 3.05) is 10.6 Å². The second-order valence-electron chi connectivity index (χ2n) is 6.02.